The molecular weight excluding hydrogens is 275 g/mol. The van der Waals surface area contributed by atoms with Gasteiger partial charge in [-0.2, -0.15) is 0 Å². The van der Waals surface area contributed by atoms with Crippen LogP contribution in [-0.2, 0) is 0 Å². The van der Waals surface area contributed by atoms with Gasteiger partial charge in [-0.3, -0.25) is 0 Å². The van der Waals surface area contributed by atoms with Gasteiger partial charge in [-0.15, -0.1) is 0 Å². The monoisotopic (exact) mass is 290 g/mol. The van der Waals surface area contributed by atoms with Crippen LogP contribution in [0.3, 0.4) is 0 Å². The van der Waals surface area contributed by atoms with E-state index in [9.17, 15) is 4.39 Å². The van der Waals surface area contributed by atoms with E-state index in [1.165, 1.54) is 13.2 Å². The first-order valence-electron chi connectivity index (χ1n) is 6.47. The predicted molar refractivity (Wildman–Crippen MR) is 78.1 cm³/mol. The van der Waals surface area contributed by atoms with Crippen molar-refractivity contribution < 1.29 is 18.6 Å². The molecule has 0 bridgehead atoms. The average molecular weight is 290 g/mol. The third-order valence-corrected chi connectivity index (χ3v) is 3.14. The molecule has 0 spiro atoms. The fraction of sp³-hybridized carbons (Fsp3) is 0.200. The maximum Gasteiger partial charge on any atom is 0.165 e. The number of halogens is 1. The summed E-state index contributed by atoms with van der Waals surface area (Å²) in [7, 11) is 1.42. The molecule has 0 aromatic heterocycles. The molecule has 0 unspecified atom stereocenters. The van der Waals surface area contributed by atoms with Crippen LogP contribution in [0, 0.1) is 5.82 Å². The van der Waals surface area contributed by atoms with Gasteiger partial charge >= 0.3 is 0 Å². The normalized spacial score (nSPS) is 12.9. The van der Waals surface area contributed by atoms with E-state index in [4.69, 9.17) is 19.9 Å². The number of rotatable bonds is 3. The molecule has 5 nitrogen and oxygen atoms in total. The number of benzene rings is 2. The molecule has 6 heteroatoms. The Labute approximate surface area is 121 Å². The molecule has 0 atom stereocenters. The van der Waals surface area contributed by atoms with Crippen LogP contribution in [0.25, 0.3) is 0 Å². The van der Waals surface area contributed by atoms with Crippen molar-refractivity contribution in [1.82, 2.24) is 0 Å². The number of hydrogen-bond acceptors (Lipinski definition) is 5. The molecule has 0 amide bonds. The van der Waals surface area contributed by atoms with Gasteiger partial charge < -0.3 is 25.3 Å². The van der Waals surface area contributed by atoms with Gasteiger partial charge in [0.25, 0.3) is 0 Å². The molecule has 0 fully saturated rings. The van der Waals surface area contributed by atoms with Gasteiger partial charge in [0.1, 0.15) is 13.2 Å². The first kappa shape index (κ1) is 13.4. The highest BCUT2D eigenvalue weighted by atomic mass is 19.1. The van der Waals surface area contributed by atoms with Crippen molar-refractivity contribution in [1.29, 1.82) is 0 Å². The van der Waals surface area contributed by atoms with Gasteiger partial charge in [0.05, 0.1) is 18.5 Å². The second-order valence-corrected chi connectivity index (χ2v) is 4.56. The smallest absolute Gasteiger partial charge is 0.165 e. The lowest BCUT2D eigenvalue weighted by molar-refractivity contribution is 0.172. The Bertz CT molecular complexity index is 676. The highest BCUT2D eigenvalue weighted by Gasteiger charge is 2.15. The molecule has 21 heavy (non-hydrogen) atoms. The summed E-state index contributed by atoms with van der Waals surface area (Å²) in [5, 5.41) is 3.12. The maximum absolute atomic E-state index is 13.4. The van der Waals surface area contributed by atoms with E-state index in [-0.39, 0.29) is 5.75 Å². The molecule has 1 heterocycles. The van der Waals surface area contributed by atoms with Crippen LogP contribution in [0.15, 0.2) is 30.3 Å². The van der Waals surface area contributed by atoms with E-state index < -0.39 is 5.82 Å². The number of nitrogens with one attached hydrogen (secondary N) is 1. The van der Waals surface area contributed by atoms with Gasteiger partial charge in [0.2, 0.25) is 0 Å². The second kappa shape index (κ2) is 5.40. The first-order valence-corrected chi connectivity index (χ1v) is 6.47. The molecule has 3 N–H and O–H groups in total. The van der Waals surface area contributed by atoms with Crippen LogP contribution in [0.1, 0.15) is 0 Å². The maximum atomic E-state index is 13.4. The lowest BCUT2D eigenvalue weighted by atomic mass is 10.2. The van der Waals surface area contributed by atoms with Crippen molar-refractivity contribution >= 4 is 17.1 Å². The van der Waals surface area contributed by atoms with E-state index in [1.54, 1.807) is 24.3 Å². The zero-order chi connectivity index (χ0) is 14.8. The van der Waals surface area contributed by atoms with Gasteiger partial charge in [-0.05, 0) is 12.1 Å². The summed E-state index contributed by atoms with van der Waals surface area (Å²) in [6.45, 7) is 1.01. The lowest BCUT2D eigenvalue weighted by Crippen LogP contribution is -2.15. The van der Waals surface area contributed by atoms with Crippen LogP contribution in [0.5, 0.6) is 17.2 Å². The zero-order valence-electron chi connectivity index (χ0n) is 11.5. The molecule has 3 rings (SSSR count). The number of fused-ring (bicyclic) bond motifs is 1. The molecule has 110 valence electrons. The van der Waals surface area contributed by atoms with Crippen molar-refractivity contribution in [2.45, 2.75) is 0 Å². The highest BCUT2D eigenvalue weighted by molar-refractivity contribution is 5.77. The Balaban J connectivity index is 1.91. The molecule has 0 radical (unpaired) electrons. The van der Waals surface area contributed by atoms with E-state index in [0.717, 1.165) is 0 Å². The molecule has 1 aliphatic rings. The topological polar surface area (TPSA) is 65.7 Å². The number of nitrogen functional groups attached to an aromatic ring is 1. The Hall–Kier alpha value is -2.63. The van der Waals surface area contributed by atoms with Crippen LogP contribution < -0.4 is 25.3 Å². The molecule has 2 aromatic rings. The van der Waals surface area contributed by atoms with E-state index in [1.807, 2.05) is 0 Å². The van der Waals surface area contributed by atoms with Gasteiger partial charge in [-0.25, -0.2) is 4.39 Å². The van der Waals surface area contributed by atoms with Crippen molar-refractivity contribution in [2.75, 3.05) is 31.4 Å². The minimum atomic E-state index is -0.418. The highest BCUT2D eigenvalue weighted by Crippen LogP contribution is 2.38. The van der Waals surface area contributed by atoms with Crippen molar-refractivity contribution in [3.8, 4) is 17.2 Å². The van der Waals surface area contributed by atoms with Crippen LogP contribution in [-0.4, -0.2) is 20.3 Å². The molecule has 2 aromatic carbocycles. The number of anilines is 3. The SMILES string of the molecule is COc1cc(Nc2cc3c(cc2N)OCCO3)ccc1F. The Kier molecular flexibility index (Phi) is 3.43. The van der Waals surface area contributed by atoms with E-state index in [2.05, 4.69) is 5.32 Å². The van der Waals surface area contributed by atoms with Crippen molar-refractivity contribution in [3.63, 3.8) is 0 Å². The Morgan fingerprint density at radius 1 is 1.14 bits per heavy atom. The van der Waals surface area contributed by atoms with Crippen molar-refractivity contribution in [3.05, 3.63) is 36.1 Å². The Morgan fingerprint density at radius 2 is 1.86 bits per heavy atom. The fourth-order valence-electron chi connectivity index (χ4n) is 2.11. The molecule has 0 saturated heterocycles. The largest absolute Gasteiger partial charge is 0.494 e. The van der Waals surface area contributed by atoms with E-state index >= 15 is 0 Å². The summed E-state index contributed by atoms with van der Waals surface area (Å²) in [6.07, 6.45) is 0. The minimum Gasteiger partial charge on any atom is -0.494 e. The van der Waals surface area contributed by atoms with Gasteiger partial charge in [0.15, 0.2) is 23.1 Å². The lowest BCUT2D eigenvalue weighted by Gasteiger charge is -2.20. The number of ether oxygens (including phenoxy) is 3. The Morgan fingerprint density at radius 3 is 2.57 bits per heavy atom. The molecule has 1 aliphatic heterocycles. The van der Waals surface area contributed by atoms with Gasteiger partial charge in [0, 0.05) is 23.9 Å². The minimum absolute atomic E-state index is 0.163. The van der Waals surface area contributed by atoms with Crippen LogP contribution >= 0.6 is 0 Å². The van der Waals surface area contributed by atoms with Crippen LogP contribution in [0.2, 0.25) is 0 Å². The quantitative estimate of drug-likeness (QED) is 0.851. The summed E-state index contributed by atoms with van der Waals surface area (Å²) in [5.74, 6) is 1.00. The molecule has 0 aliphatic carbocycles. The van der Waals surface area contributed by atoms with E-state index in [0.29, 0.717) is 41.8 Å². The summed E-state index contributed by atoms with van der Waals surface area (Å²) >= 11 is 0. The molecule has 0 saturated carbocycles. The standard InChI is InChI=1S/C15H15FN2O3/c1-19-13-6-9(2-3-10(13)16)18-12-8-15-14(7-11(12)17)20-4-5-21-15/h2-3,6-8,18H,4-5,17H2,1H3. The summed E-state index contributed by atoms with van der Waals surface area (Å²) < 4.78 is 29.3. The third-order valence-electron chi connectivity index (χ3n) is 3.14. The van der Waals surface area contributed by atoms with Crippen LogP contribution in [0.4, 0.5) is 21.5 Å². The fourth-order valence-corrected chi connectivity index (χ4v) is 2.11. The summed E-state index contributed by atoms with van der Waals surface area (Å²) in [6, 6.07) is 7.96. The third kappa shape index (κ3) is 2.65. The predicted octanol–water partition coefficient (Wildman–Crippen LogP) is 2.93. The van der Waals surface area contributed by atoms with Crippen molar-refractivity contribution in [2.24, 2.45) is 0 Å². The number of methoxy groups -OCH3 is 1. The summed E-state index contributed by atoms with van der Waals surface area (Å²) in [5.41, 5.74) is 7.83. The second-order valence-electron chi connectivity index (χ2n) is 4.56. The average Bonchev–Trinajstić information content (AvgIpc) is 2.50. The summed E-state index contributed by atoms with van der Waals surface area (Å²) in [4.78, 5) is 0. The zero-order valence-corrected chi connectivity index (χ0v) is 11.5. The number of hydrogen-bond donors (Lipinski definition) is 2. The van der Waals surface area contributed by atoms with Gasteiger partial charge in [-0.1, -0.05) is 0 Å². The molecular formula is C15H15FN2O3. The first-order chi connectivity index (χ1) is 10.2. The number of nitrogens with two attached hydrogens (primary N) is 1.